The van der Waals surface area contributed by atoms with Crippen molar-refractivity contribution < 1.29 is 18.3 Å². The number of nitrogens with one attached hydrogen (secondary N) is 2. The predicted molar refractivity (Wildman–Crippen MR) is 80.3 cm³/mol. The molecule has 1 amide bonds. The lowest BCUT2D eigenvalue weighted by atomic mass is 10.2. The van der Waals surface area contributed by atoms with Crippen LogP contribution in [0.5, 0.6) is 5.75 Å². The second-order valence-corrected chi connectivity index (χ2v) is 4.79. The molecule has 5 nitrogen and oxygen atoms in total. The number of rotatable bonds is 5. The van der Waals surface area contributed by atoms with E-state index in [9.17, 15) is 13.6 Å². The Bertz CT molecular complexity index is 833. The highest BCUT2D eigenvalue weighted by atomic mass is 19.3. The van der Waals surface area contributed by atoms with Crippen molar-refractivity contribution in [2.24, 2.45) is 0 Å². The summed E-state index contributed by atoms with van der Waals surface area (Å²) >= 11 is 0. The number of ether oxygens (including phenoxy) is 1. The van der Waals surface area contributed by atoms with E-state index in [1.54, 1.807) is 30.3 Å². The van der Waals surface area contributed by atoms with E-state index in [1.807, 2.05) is 12.1 Å². The van der Waals surface area contributed by atoms with Crippen LogP contribution in [0.4, 0.5) is 8.78 Å². The van der Waals surface area contributed by atoms with E-state index in [0.717, 1.165) is 5.52 Å². The molecular formula is C16H13F2N3O2. The number of hydrogen-bond donors (Lipinski definition) is 2. The van der Waals surface area contributed by atoms with Crippen LogP contribution in [-0.2, 0) is 6.54 Å². The largest absolute Gasteiger partial charge is 0.434 e. The summed E-state index contributed by atoms with van der Waals surface area (Å²) in [6.45, 7) is -2.86. The molecular weight excluding hydrogens is 304 g/mol. The minimum Gasteiger partial charge on any atom is -0.434 e. The molecule has 0 unspecified atom stereocenters. The van der Waals surface area contributed by atoms with Crippen LogP contribution in [0, 0.1) is 0 Å². The monoisotopic (exact) mass is 317 g/mol. The van der Waals surface area contributed by atoms with Crippen molar-refractivity contribution in [1.82, 2.24) is 15.5 Å². The molecule has 0 aliphatic heterocycles. The van der Waals surface area contributed by atoms with Gasteiger partial charge >= 0.3 is 6.61 Å². The summed E-state index contributed by atoms with van der Waals surface area (Å²) in [5.74, 6) is -0.357. The Morgan fingerprint density at radius 1 is 1.17 bits per heavy atom. The molecule has 1 aromatic heterocycles. The molecule has 0 atom stereocenters. The average Bonchev–Trinajstić information content (AvgIpc) is 2.97. The maximum atomic E-state index is 12.4. The summed E-state index contributed by atoms with van der Waals surface area (Å²) in [7, 11) is 0. The molecule has 2 N–H and O–H groups in total. The van der Waals surface area contributed by atoms with Crippen molar-refractivity contribution in [2.45, 2.75) is 13.2 Å². The van der Waals surface area contributed by atoms with E-state index in [0.29, 0.717) is 10.9 Å². The van der Waals surface area contributed by atoms with E-state index in [-0.39, 0.29) is 18.0 Å². The van der Waals surface area contributed by atoms with Gasteiger partial charge in [0.2, 0.25) is 0 Å². The molecule has 3 aromatic rings. The fourth-order valence-corrected chi connectivity index (χ4v) is 2.26. The first-order valence-corrected chi connectivity index (χ1v) is 6.89. The van der Waals surface area contributed by atoms with Crippen LogP contribution in [-0.4, -0.2) is 22.7 Å². The second kappa shape index (κ2) is 6.43. The summed E-state index contributed by atoms with van der Waals surface area (Å²) in [4.78, 5) is 12.2. The van der Waals surface area contributed by atoms with Crippen molar-refractivity contribution in [2.75, 3.05) is 0 Å². The smallest absolute Gasteiger partial charge is 0.387 e. The van der Waals surface area contributed by atoms with Crippen LogP contribution >= 0.6 is 0 Å². The number of carbonyl (C=O) groups is 1. The first-order chi connectivity index (χ1) is 11.1. The molecule has 0 aliphatic carbocycles. The van der Waals surface area contributed by atoms with Gasteiger partial charge in [0.05, 0.1) is 5.52 Å². The Balaban J connectivity index is 1.75. The Labute approximate surface area is 130 Å². The molecule has 0 radical (unpaired) electrons. The fraction of sp³-hybridized carbons (Fsp3) is 0.125. The Morgan fingerprint density at radius 3 is 2.74 bits per heavy atom. The SMILES string of the molecule is O=C(NCc1ccccc1OC(F)F)c1n[nH]c2ccccc12. The highest BCUT2D eigenvalue weighted by Gasteiger charge is 2.15. The van der Waals surface area contributed by atoms with E-state index in [2.05, 4.69) is 20.3 Å². The number of H-pyrrole nitrogens is 1. The van der Waals surface area contributed by atoms with E-state index in [4.69, 9.17) is 0 Å². The zero-order chi connectivity index (χ0) is 16.2. The third kappa shape index (κ3) is 3.28. The molecule has 0 fully saturated rings. The molecule has 0 saturated carbocycles. The van der Waals surface area contributed by atoms with E-state index < -0.39 is 12.5 Å². The van der Waals surface area contributed by atoms with Gasteiger partial charge in [0.15, 0.2) is 5.69 Å². The van der Waals surface area contributed by atoms with Gasteiger partial charge in [0.1, 0.15) is 5.75 Å². The second-order valence-electron chi connectivity index (χ2n) is 4.79. The number of halogens is 2. The first kappa shape index (κ1) is 15.0. The topological polar surface area (TPSA) is 67.0 Å². The number of aromatic amines is 1. The maximum absolute atomic E-state index is 12.4. The average molecular weight is 317 g/mol. The minimum atomic E-state index is -2.91. The van der Waals surface area contributed by atoms with Crippen molar-refractivity contribution in [3.05, 3.63) is 59.8 Å². The predicted octanol–water partition coefficient (Wildman–Crippen LogP) is 3.09. The Hall–Kier alpha value is -2.96. The highest BCUT2D eigenvalue weighted by molar-refractivity contribution is 6.04. The van der Waals surface area contributed by atoms with Crippen LogP contribution < -0.4 is 10.1 Å². The summed E-state index contributed by atoms with van der Waals surface area (Å²) in [6.07, 6.45) is 0. The summed E-state index contributed by atoms with van der Waals surface area (Å²) in [5.41, 5.74) is 1.47. The molecule has 0 aliphatic rings. The van der Waals surface area contributed by atoms with Gasteiger partial charge in [-0.15, -0.1) is 0 Å². The summed E-state index contributed by atoms with van der Waals surface area (Å²) < 4.78 is 29.2. The van der Waals surface area contributed by atoms with Crippen molar-refractivity contribution in [3.8, 4) is 5.75 Å². The lowest BCUT2D eigenvalue weighted by molar-refractivity contribution is -0.0504. The van der Waals surface area contributed by atoms with Gasteiger partial charge in [0, 0.05) is 17.5 Å². The molecule has 0 saturated heterocycles. The molecule has 2 aromatic carbocycles. The van der Waals surface area contributed by atoms with Gasteiger partial charge in [-0.2, -0.15) is 13.9 Å². The number of aromatic nitrogens is 2. The molecule has 0 bridgehead atoms. The van der Waals surface area contributed by atoms with E-state index in [1.165, 1.54) is 6.07 Å². The van der Waals surface area contributed by atoms with Crippen LogP contribution in [0.3, 0.4) is 0 Å². The van der Waals surface area contributed by atoms with Gasteiger partial charge < -0.3 is 10.1 Å². The molecule has 3 rings (SSSR count). The van der Waals surface area contributed by atoms with Crippen molar-refractivity contribution in [3.63, 3.8) is 0 Å². The molecule has 23 heavy (non-hydrogen) atoms. The van der Waals surface area contributed by atoms with Gasteiger partial charge in [-0.05, 0) is 12.1 Å². The lowest BCUT2D eigenvalue weighted by Gasteiger charge is -2.10. The van der Waals surface area contributed by atoms with Gasteiger partial charge in [-0.25, -0.2) is 0 Å². The van der Waals surface area contributed by atoms with Gasteiger partial charge in [0.25, 0.3) is 5.91 Å². The minimum absolute atomic E-state index is 0.0367. The number of fused-ring (bicyclic) bond motifs is 1. The highest BCUT2D eigenvalue weighted by Crippen LogP contribution is 2.20. The van der Waals surface area contributed by atoms with Crippen molar-refractivity contribution >= 4 is 16.8 Å². The number of para-hydroxylation sites is 2. The van der Waals surface area contributed by atoms with Crippen LogP contribution in [0.15, 0.2) is 48.5 Å². The zero-order valence-corrected chi connectivity index (χ0v) is 11.9. The zero-order valence-electron chi connectivity index (χ0n) is 11.9. The quantitative estimate of drug-likeness (QED) is 0.760. The number of benzene rings is 2. The summed E-state index contributed by atoms with van der Waals surface area (Å²) in [6, 6.07) is 13.5. The fourth-order valence-electron chi connectivity index (χ4n) is 2.26. The first-order valence-electron chi connectivity index (χ1n) is 6.89. The molecule has 1 heterocycles. The van der Waals surface area contributed by atoms with Crippen LogP contribution in [0.1, 0.15) is 16.1 Å². The number of hydrogen-bond acceptors (Lipinski definition) is 3. The Kier molecular flexibility index (Phi) is 4.18. The van der Waals surface area contributed by atoms with Crippen molar-refractivity contribution in [1.29, 1.82) is 0 Å². The third-order valence-corrected chi connectivity index (χ3v) is 3.31. The third-order valence-electron chi connectivity index (χ3n) is 3.31. The molecule has 0 spiro atoms. The normalized spacial score (nSPS) is 10.9. The lowest BCUT2D eigenvalue weighted by Crippen LogP contribution is -2.24. The van der Waals surface area contributed by atoms with Gasteiger partial charge in [-0.3, -0.25) is 9.89 Å². The number of amides is 1. The standard InChI is InChI=1S/C16H13F2N3O2/c17-16(18)23-13-8-4-1-5-10(13)9-19-15(22)14-11-6-2-3-7-12(11)20-21-14/h1-8,16H,9H2,(H,19,22)(H,20,21). The maximum Gasteiger partial charge on any atom is 0.387 e. The Morgan fingerprint density at radius 2 is 1.91 bits per heavy atom. The summed E-state index contributed by atoms with van der Waals surface area (Å²) in [5, 5.41) is 10.1. The number of carbonyl (C=O) groups excluding carboxylic acids is 1. The van der Waals surface area contributed by atoms with E-state index >= 15 is 0 Å². The molecule has 118 valence electrons. The van der Waals surface area contributed by atoms with Crippen LogP contribution in [0.2, 0.25) is 0 Å². The number of alkyl halides is 2. The van der Waals surface area contributed by atoms with Crippen LogP contribution in [0.25, 0.3) is 10.9 Å². The molecule has 7 heteroatoms. The van der Waals surface area contributed by atoms with Gasteiger partial charge in [-0.1, -0.05) is 36.4 Å². The number of nitrogens with zero attached hydrogens (tertiary/aromatic N) is 1.